The average Bonchev–Trinajstić information content (AvgIpc) is 3.08. The van der Waals surface area contributed by atoms with E-state index in [1.165, 1.54) is 32.5 Å². The summed E-state index contributed by atoms with van der Waals surface area (Å²) in [7, 11) is 0. The Labute approximate surface area is 248 Å². The van der Waals surface area contributed by atoms with Crippen LogP contribution in [0.5, 0.6) is 11.5 Å². The highest BCUT2D eigenvalue weighted by Crippen LogP contribution is 2.47. The minimum absolute atomic E-state index is 0.701. The van der Waals surface area contributed by atoms with Crippen LogP contribution in [-0.4, -0.2) is 9.97 Å². The van der Waals surface area contributed by atoms with Gasteiger partial charge in [0.05, 0.1) is 11.4 Å². The Morgan fingerprint density at radius 2 is 1.12 bits per heavy atom. The second kappa shape index (κ2) is 9.37. The number of nitrogens with zero attached hydrogens (tertiary/aromatic N) is 2. The van der Waals surface area contributed by atoms with Gasteiger partial charge in [-0.3, -0.25) is 0 Å². The van der Waals surface area contributed by atoms with Crippen LogP contribution in [0.4, 0.5) is 0 Å². The van der Waals surface area contributed by atoms with Gasteiger partial charge in [-0.15, -0.1) is 0 Å². The topological polar surface area (TPSA) is 35.0 Å². The fourth-order valence-electron chi connectivity index (χ4n) is 6.44. The summed E-state index contributed by atoms with van der Waals surface area (Å²) in [6, 6.07) is 50.8. The predicted octanol–water partition coefficient (Wildman–Crippen LogP) is 10.7. The molecule has 43 heavy (non-hydrogen) atoms. The van der Waals surface area contributed by atoms with E-state index in [9.17, 15) is 0 Å². The highest BCUT2D eigenvalue weighted by Gasteiger charge is 2.21. The van der Waals surface area contributed by atoms with E-state index in [2.05, 4.69) is 115 Å². The van der Waals surface area contributed by atoms with Gasteiger partial charge >= 0.3 is 0 Å². The highest BCUT2D eigenvalue weighted by atomic mass is 16.5. The molecule has 1 aliphatic rings. The summed E-state index contributed by atoms with van der Waals surface area (Å²) in [5, 5.41) is 7.14. The molecule has 3 nitrogen and oxygen atoms in total. The van der Waals surface area contributed by atoms with Gasteiger partial charge in [-0.25, -0.2) is 9.97 Å². The summed E-state index contributed by atoms with van der Waals surface area (Å²) in [6.07, 6.45) is 0. The maximum atomic E-state index is 6.38. The lowest BCUT2D eigenvalue weighted by Gasteiger charge is -2.22. The third-order valence-electron chi connectivity index (χ3n) is 8.45. The molecule has 0 spiro atoms. The highest BCUT2D eigenvalue weighted by molar-refractivity contribution is 6.13. The Hall–Kier alpha value is -5.80. The molecule has 0 saturated carbocycles. The number of aromatic nitrogens is 2. The summed E-state index contributed by atoms with van der Waals surface area (Å²) in [5.41, 5.74) is 7.10. The standard InChI is InChI=1S/C40H24N2O/c1-2-10-26(11-3-1)40-41-35(24-36(42-40)33-22-27-12-4-5-15-29(27)30-16-6-7-17-31(30)33)28-20-21-37-34(23-28)32-18-8-13-25-14-9-19-38(43-37)39(25)32/h1-24H. The second-order valence-electron chi connectivity index (χ2n) is 11.0. The molecule has 1 aliphatic heterocycles. The number of benzene rings is 7. The van der Waals surface area contributed by atoms with Crippen molar-refractivity contribution in [1.82, 2.24) is 9.97 Å². The number of fused-ring (bicyclic) bond motifs is 5. The molecule has 0 saturated heterocycles. The van der Waals surface area contributed by atoms with Crippen molar-refractivity contribution in [3.63, 3.8) is 0 Å². The number of ether oxygens (including phenoxy) is 1. The van der Waals surface area contributed by atoms with Crippen LogP contribution in [0.2, 0.25) is 0 Å². The molecule has 0 radical (unpaired) electrons. The Morgan fingerprint density at radius 1 is 0.395 bits per heavy atom. The molecule has 0 atom stereocenters. The van der Waals surface area contributed by atoms with Gasteiger partial charge in [-0.2, -0.15) is 0 Å². The van der Waals surface area contributed by atoms with E-state index in [0.717, 1.165) is 50.5 Å². The Bertz CT molecular complexity index is 2370. The SMILES string of the molecule is c1ccc(-c2nc(-c3ccc4c(c3)-c3cccc5cccc(c35)O4)cc(-c3cc4ccccc4c4ccccc34)n2)cc1. The van der Waals surface area contributed by atoms with Crippen LogP contribution in [0.1, 0.15) is 0 Å². The Kier molecular flexibility index (Phi) is 5.20. The van der Waals surface area contributed by atoms with E-state index in [0.29, 0.717) is 5.82 Å². The van der Waals surface area contributed by atoms with Gasteiger partial charge in [-0.1, -0.05) is 109 Å². The maximum Gasteiger partial charge on any atom is 0.160 e. The van der Waals surface area contributed by atoms with Crippen LogP contribution in [0.3, 0.4) is 0 Å². The predicted molar refractivity (Wildman–Crippen MR) is 176 cm³/mol. The van der Waals surface area contributed by atoms with E-state index >= 15 is 0 Å². The smallest absolute Gasteiger partial charge is 0.160 e. The third-order valence-corrected chi connectivity index (χ3v) is 8.45. The van der Waals surface area contributed by atoms with Crippen LogP contribution in [0, 0.1) is 0 Å². The average molecular weight is 549 g/mol. The molecule has 8 aromatic rings. The minimum atomic E-state index is 0.701. The van der Waals surface area contributed by atoms with Gasteiger partial charge in [-0.05, 0) is 68.9 Å². The first-order valence-corrected chi connectivity index (χ1v) is 14.5. The van der Waals surface area contributed by atoms with Crippen molar-refractivity contribution in [1.29, 1.82) is 0 Å². The van der Waals surface area contributed by atoms with Gasteiger partial charge in [0, 0.05) is 27.6 Å². The molecule has 0 unspecified atom stereocenters. The number of hydrogen-bond donors (Lipinski definition) is 0. The summed E-state index contributed by atoms with van der Waals surface area (Å²) >= 11 is 0. The quantitative estimate of drug-likeness (QED) is 0.206. The third kappa shape index (κ3) is 3.83. The van der Waals surface area contributed by atoms with Crippen LogP contribution in [0.25, 0.3) is 77.3 Å². The van der Waals surface area contributed by atoms with Crippen LogP contribution < -0.4 is 4.74 Å². The molecule has 0 fully saturated rings. The van der Waals surface area contributed by atoms with Gasteiger partial charge in [0.1, 0.15) is 11.5 Å². The normalized spacial score (nSPS) is 11.9. The van der Waals surface area contributed by atoms with E-state index in [4.69, 9.17) is 14.7 Å². The molecule has 7 aromatic carbocycles. The monoisotopic (exact) mass is 548 g/mol. The molecule has 9 rings (SSSR count). The molecule has 0 aliphatic carbocycles. The van der Waals surface area contributed by atoms with Crippen LogP contribution in [0.15, 0.2) is 146 Å². The van der Waals surface area contributed by atoms with Crippen molar-refractivity contribution >= 4 is 32.3 Å². The summed E-state index contributed by atoms with van der Waals surface area (Å²) in [4.78, 5) is 10.3. The largest absolute Gasteiger partial charge is 0.456 e. The first-order valence-electron chi connectivity index (χ1n) is 14.5. The lowest BCUT2D eigenvalue weighted by Crippen LogP contribution is -1.99. The van der Waals surface area contributed by atoms with Gasteiger partial charge < -0.3 is 4.74 Å². The molecule has 200 valence electrons. The molecule has 3 heteroatoms. The van der Waals surface area contributed by atoms with Crippen molar-refractivity contribution in [2.45, 2.75) is 0 Å². The Morgan fingerprint density at radius 3 is 2.00 bits per heavy atom. The summed E-state index contributed by atoms with van der Waals surface area (Å²) in [6.45, 7) is 0. The van der Waals surface area contributed by atoms with Crippen molar-refractivity contribution in [3.05, 3.63) is 146 Å². The van der Waals surface area contributed by atoms with E-state index < -0.39 is 0 Å². The molecule has 0 amide bonds. The minimum Gasteiger partial charge on any atom is -0.456 e. The zero-order chi connectivity index (χ0) is 28.3. The summed E-state index contributed by atoms with van der Waals surface area (Å²) < 4.78 is 6.38. The Balaban J connectivity index is 1.29. The van der Waals surface area contributed by atoms with E-state index in [1.54, 1.807) is 0 Å². The lowest BCUT2D eigenvalue weighted by molar-refractivity contribution is 0.487. The zero-order valence-electron chi connectivity index (χ0n) is 23.2. The first-order chi connectivity index (χ1) is 21.3. The van der Waals surface area contributed by atoms with Crippen molar-refractivity contribution in [2.24, 2.45) is 0 Å². The summed E-state index contributed by atoms with van der Waals surface area (Å²) in [5.74, 6) is 2.45. The molecular weight excluding hydrogens is 524 g/mol. The molecular formula is C40H24N2O. The zero-order valence-corrected chi connectivity index (χ0v) is 23.2. The van der Waals surface area contributed by atoms with Crippen molar-refractivity contribution < 1.29 is 4.74 Å². The first kappa shape index (κ1) is 23.9. The van der Waals surface area contributed by atoms with Gasteiger partial charge in [0.15, 0.2) is 5.82 Å². The number of rotatable bonds is 3. The molecule has 1 aromatic heterocycles. The fourth-order valence-corrected chi connectivity index (χ4v) is 6.44. The van der Waals surface area contributed by atoms with Crippen LogP contribution >= 0.6 is 0 Å². The molecule has 0 bridgehead atoms. The van der Waals surface area contributed by atoms with Crippen molar-refractivity contribution in [3.8, 4) is 56.5 Å². The second-order valence-corrected chi connectivity index (χ2v) is 11.0. The van der Waals surface area contributed by atoms with Crippen molar-refractivity contribution in [2.75, 3.05) is 0 Å². The lowest BCUT2D eigenvalue weighted by atomic mass is 9.92. The number of hydrogen-bond acceptors (Lipinski definition) is 3. The fraction of sp³-hybridized carbons (Fsp3) is 0. The van der Waals surface area contributed by atoms with Crippen LogP contribution in [-0.2, 0) is 0 Å². The molecule has 0 N–H and O–H groups in total. The maximum absolute atomic E-state index is 6.38. The van der Waals surface area contributed by atoms with E-state index in [1.807, 2.05) is 30.3 Å². The van der Waals surface area contributed by atoms with E-state index in [-0.39, 0.29) is 0 Å². The van der Waals surface area contributed by atoms with Gasteiger partial charge in [0.2, 0.25) is 0 Å². The molecule has 2 heterocycles. The van der Waals surface area contributed by atoms with Gasteiger partial charge in [0.25, 0.3) is 0 Å².